The van der Waals surface area contributed by atoms with Gasteiger partial charge in [0.25, 0.3) is 0 Å². The Labute approximate surface area is 171 Å². The Balaban J connectivity index is 1.88. The predicted octanol–water partition coefficient (Wildman–Crippen LogP) is 4.14. The number of nitrogens with one attached hydrogen (secondary N) is 1. The van der Waals surface area contributed by atoms with Gasteiger partial charge >= 0.3 is 12.1 Å². The van der Waals surface area contributed by atoms with Crippen molar-refractivity contribution in [1.82, 2.24) is 5.32 Å². The van der Waals surface area contributed by atoms with E-state index in [0.29, 0.717) is 24.3 Å². The Morgan fingerprint density at radius 2 is 1.48 bits per heavy atom. The standard InChI is InChI=1S/C23H27NO5/c1-17(2)13-14-20(24-23(27)29-15-18-9-5-3-6-10-18)22(26)28-16-21(25)19-11-7-4-8-12-19/h3-12,17,20H,13-16H2,1-2H3,(H,24,27)/t20-/m0/s1. The molecule has 0 spiro atoms. The Morgan fingerprint density at radius 1 is 0.862 bits per heavy atom. The summed E-state index contributed by atoms with van der Waals surface area (Å²) in [4.78, 5) is 36.7. The van der Waals surface area contributed by atoms with Crippen LogP contribution in [0, 0.1) is 5.92 Å². The number of alkyl carbamates (subject to hydrolysis) is 1. The summed E-state index contributed by atoms with van der Waals surface area (Å²) in [7, 11) is 0. The van der Waals surface area contributed by atoms with Crippen LogP contribution in [-0.4, -0.2) is 30.5 Å². The zero-order valence-electron chi connectivity index (χ0n) is 16.8. The van der Waals surface area contributed by atoms with E-state index in [2.05, 4.69) is 5.32 Å². The Bertz CT molecular complexity index is 789. The highest BCUT2D eigenvalue weighted by Crippen LogP contribution is 2.10. The van der Waals surface area contributed by atoms with E-state index >= 15 is 0 Å². The zero-order chi connectivity index (χ0) is 21.1. The molecule has 0 bridgehead atoms. The molecule has 0 unspecified atom stereocenters. The first-order valence-electron chi connectivity index (χ1n) is 9.67. The van der Waals surface area contributed by atoms with Crippen LogP contribution in [0.3, 0.4) is 0 Å². The van der Waals surface area contributed by atoms with Crippen LogP contribution in [0.5, 0.6) is 0 Å². The molecular formula is C23H27NO5. The second kappa shape index (κ2) is 11.6. The quantitative estimate of drug-likeness (QED) is 0.481. The average Bonchev–Trinajstić information content (AvgIpc) is 2.74. The molecule has 0 fully saturated rings. The van der Waals surface area contributed by atoms with E-state index in [-0.39, 0.29) is 19.0 Å². The van der Waals surface area contributed by atoms with Crippen molar-refractivity contribution in [3.63, 3.8) is 0 Å². The fourth-order valence-electron chi connectivity index (χ4n) is 2.60. The maximum Gasteiger partial charge on any atom is 0.408 e. The van der Waals surface area contributed by atoms with E-state index in [1.165, 1.54) is 0 Å². The van der Waals surface area contributed by atoms with Crippen LogP contribution >= 0.6 is 0 Å². The van der Waals surface area contributed by atoms with Gasteiger partial charge in [-0.15, -0.1) is 0 Å². The first-order chi connectivity index (χ1) is 14.0. The van der Waals surface area contributed by atoms with Gasteiger partial charge in [0.2, 0.25) is 0 Å². The van der Waals surface area contributed by atoms with E-state index in [4.69, 9.17) is 9.47 Å². The third-order valence-corrected chi connectivity index (χ3v) is 4.26. The fraction of sp³-hybridized carbons (Fsp3) is 0.348. The van der Waals surface area contributed by atoms with Crippen LogP contribution < -0.4 is 5.32 Å². The lowest BCUT2D eigenvalue weighted by Gasteiger charge is -2.18. The summed E-state index contributed by atoms with van der Waals surface area (Å²) in [5.74, 6) is -0.599. The van der Waals surface area contributed by atoms with Crippen LogP contribution in [0.25, 0.3) is 0 Å². The maximum atomic E-state index is 12.5. The highest BCUT2D eigenvalue weighted by Gasteiger charge is 2.24. The summed E-state index contributed by atoms with van der Waals surface area (Å²) in [5, 5.41) is 2.56. The number of rotatable bonds is 10. The molecule has 1 N–H and O–H groups in total. The fourth-order valence-corrected chi connectivity index (χ4v) is 2.60. The topological polar surface area (TPSA) is 81.7 Å². The Morgan fingerprint density at radius 3 is 2.10 bits per heavy atom. The van der Waals surface area contributed by atoms with Gasteiger partial charge in [0.05, 0.1) is 0 Å². The number of benzene rings is 2. The van der Waals surface area contributed by atoms with Crippen molar-refractivity contribution in [2.24, 2.45) is 5.92 Å². The molecule has 0 radical (unpaired) electrons. The van der Waals surface area contributed by atoms with E-state index in [1.807, 2.05) is 44.2 Å². The summed E-state index contributed by atoms with van der Waals surface area (Å²) < 4.78 is 10.3. The molecule has 6 heteroatoms. The predicted molar refractivity (Wildman–Crippen MR) is 109 cm³/mol. The molecule has 0 saturated heterocycles. The molecule has 154 valence electrons. The number of esters is 1. The number of carbonyl (C=O) groups is 3. The van der Waals surface area contributed by atoms with Gasteiger partial charge in [-0.25, -0.2) is 9.59 Å². The molecule has 0 aliphatic heterocycles. The van der Waals surface area contributed by atoms with Crippen LogP contribution in [0.4, 0.5) is 4.79 Å². The third-order valence-electron chi connectivity index (χ3n) is 4.26. The molecule has 0 saturated carbocycles. The molecule has 2 rings (SSSR count). The van der Waals surface area contributed by atoms with E-state index in [1.54, 1.807) is 30.3 Å². The van der Waals surface area contributed by atoms with Crippen LogP contribution in [-0.2, 0) is 20.9 Å². The second-order valence-corrected chi connectivity index (χ2v) is 7.13. The number of amides is 1. The van der Waals surface area contributed by atoms with Gasteiger partial charge in [-0.2, -0.15) is 0 Å². The molecule has 0 aromatic heterocycles. The summed E-state index contributed by atoms with van der Waals surface area (Å²) >= 11 is 0. The number of ether oxygens (including phenoxy) is 2. The molecule has 0 aliphatic carbocycles. The monoisotopic (exact) mass is 397 g/mol. The second-order valence-electron chi connectivity index (χ2n) is 7.13. The SMILES string of the molecule is CC(C)CC[C@H](NC(=O)OCc1ccccc1)C(=O)OCC(=O)c1ccccc1. The van der Waals surface area contributed by atoms with Crippen molar-refractivity contribution in [1.29, 1.82) is 0 Å². The van der Waals surface area contributed by atoms with Crippen molar-refractivity contribution in [3.8, 4) is 0 Å². The van der Waals surface area contributed by atoms with Gasteiger partial charge in [-0.3, -0.25) is 4.79 Å². The van der Waals surface area contributed by atoms with Gasteiger partial charge < -0.3 is 14.8 Å². The molecule has 1 atom stereocenters. The summed E-state index contributed by atoms with van der Waals surface area (Å²) in [5.41, 5.74) is 1.31. The minimum atomic E-state index is -0.871. The Kier molecular flexibility index (Phi) is 8.89. The Hall–Kier alpha value is -3.15. The first kappa shape index (κ1) is 22.1. The minimum Gasteiger partial charge on any atom is -0.456 e. The lowest BCUT2D eigenvalue weighted by Crippen LogP contribution is -2.42. The van der Waals surface area contributed by atoms with Gasteiger partial charge in [0.1, 0.15) is 12.6 Å². The molecule has 2 aromatic carbocycles. The molecule has 0 heterocycles. The molecule has 2 aromatic rings. The zero-order valence-corrected chi connectivity index (χ0v) is 16.8. The molecule has 29 heavy (non-hydrogen) atoms. The molecule has 1 amide bonds. The van der Waals surface area contributed by atoms with Crippen molar-refractivity contribution in [2.75, 3.05) is 6.61 Å². The first-order valence-corrected chi connectivity index (χ1v) is 9.67. The smallest absolute Gasteiger partial charge is 0.408 e. The van der Waals surface area contributed by atoms with Crippen LogP contribution in [0.15, 0.2) is 60.7 Å². The van der Waals surface area contributed by atoms with Gasteiger partial charge in [0, 0.05) is 5.56 Å². The number of hydrogen-bond donors (Lipinski definition) is 1. The highest BCUT2D eigenvalue weighted by molar-refractivity contribution is 5.98. The molecule has 0 aliphatic rings. The number of Topliss-reactive ketones (excluding diaryl/α,β-unsaturated/α-hetero) is 1. The van der Waals surface area contributed by atoms with Gasteiger partial charge in [-0.1, -0.05) is 74.5 Å². The van der Waals surface area contributed by atoms with Crippen molar-refractivity contribution in [3.05, 3.63) is 71.8 Å². The van der Waals surface area contributed by atoms with E-state index < -0.39 is 18.1 Å². The summed E-state index contributed by atoms with van der Waals surface area (Å²) in [6.45, 7) is 3.77. The summed E-state index contributed by atoms with van der Waals surface area (Å²) in [6, 6.07) is 17.0. The van der Waals surface area contributed by atoms with Crippen molar-refractivity contribution in [2.45, 2.75) is 39.3 Å². The average molecular weight is 397 g/mol. The van der Waals surface area contributed by atoms with E-state index in [0.717, 1.165) is 5.56 Å². The lowest BCUT2D eigenvalue weighted by atomic mass is 10.0. The summed E-state index contributed by atoms with van der Waals surface area (Å²) in [6.07, 6.45) is 0.413. The van der Waals surface area contributed by atoms with Gasteiger partial charge in [-0.05, 0) is 24.3 Å². The molecule has 6 nitrogen and oxygen atoms in total. The number of hydrogen-bond acceptors (Lipinski definition) is 5. The number of carbonyl (C=O) groups excluding carboxylic acids is 3. The van der Waals surface area contributed by atoms with Crippen molar-refractivity contribution < 1.29 is 23.9 Å². The highest BCUT2D eigenvalue weighted by atomic mass is 16.6. The normalized spacial score (nSPS) is 11.6. The molecular weight excluding hydrogens is 370 g/mol. The minimum absolute atomic E-state index is 0.102. The van der Waals surface area contributed by atoms with Crippen molar-refractivity contribution >= 4 is 17.8 Å². The van der Waals surface area contributed by atoms with Crippen LogP contribution in [0.1, 0.15) is 42.6 Å². The number of ketones is 1. The maximum absolute atomic E-state index is 12.5. The largest absolute Gasteiger partial charge is 0.456 e. The third kappa shape index (κ3) is 8.17. The lowest BCUT2D eigenvalue weighted by molar-refractivity contribution is -0.145. The van der Waals surface area contributed by atoms with Gasteiger partial charge in [0.15, 0.2) is 12.4 Å². The van der Waals surface area contributed by atoms with E-state index in [9.17, 15) is 14.4 Å². The van der Waals surface area contributed by atoms with Crippen LogP contribution in [0.2, 0.25) is 0 Å².